The fraction of sp³-hybridized carbons (Fsp3) is 0.273. The summed E-state index contributed by atoms with van der Waals surface area (Å²) in [5, 5.41) is 2.56. The topological polar surface area (TPSA) is 55.4 Å². The molecule has 78 valence electrons. The molecule has 1 unspecified atom stereocenters. The minimum atomic E-state index is -0.558. The van der Waals surface area contributed by atoms with Gasteiger partial charge in [-0.1, -0.05) is 18.2 Å². The number of carbonyl (C=O) groups is 2. The van der Waals surface area contributed by atoms with Gasteiger partial charge in [-0.3, -0.25) is 4.79 Å². The minimum Gasteiger partial charge on any atom is -0.425 e. The van der Waals surface area contributed by atoms with Crippen molar-refractivity contribution in [1.82, 2.24) is 5.32 Å². The number of hydrogen-bond donors (Lipinski definition) is 1. The lowest BCUT2D eigenvalue weighted by Crippen LogP contribution is -2.45. The third kappa shape index (κ3) is 1.98. The molecule has 0 radical (unpaired) electrons. The second-order valence-electron chi connectivity index (χ2n) is 3.49. The van der Waals surface area contributed by atoms with E-state index in [0.29, 0.717) is 12.2 Å². The summed E-state index contributed by atoms with van der Waals surface area (Å²) in [5.41, 5.74) is 0.941. The van der Waals surface area contributed by atoms with Gasteiger partial charge in [0.1, 0.15) is 11.8 Å². The fourth-order valence-electron chi connectivity index (χ4n) is 1.61. The van der Waals surface area contributed by atoms with E-state index in [1.165, 1.54) is 6.92 Å². The zero-order valence-corrected chi connectivity index (χ0v) is 8.32. The lowest BCUT2D eigenvalue weighted by molar-refractivity contribution is -0.140. The van der Waals surface area contributed by atoms with Gasteiger partial charge in [0.15, 0.2) is 0 Å². The molecule has 4 heteroatoms. The van der Waals surface area contributed by atoms with Gasteiger partial charge in [-0.2, -0.15) is 0 Å². The lowest BCUT2D eigenvalue weighted by Gasteiger charge is -2.23. The number of ether oxygens (including phenoxy) is 1. The molecule has 0 saturated carbocycles. The summed E-state index contributed by atoms with van der Waals surface area (Å²) < 4.78 is 5.09. The minimum absolute atomic E-state index is 0.226. The van der Waals surface area contributed by atoms with Crippen LogP contribution in [0.5, 0.6) is 5.75 Å². The quantitative estimate of drug-likeness (QED) is 0.541. The van der Waals surface area contributed by atoms with Crippen molar-refractivity contribution in [2.45, 2.75) is 19.4 Å². The van der Waals surface area contributed by atoms with Gasteiger partial charge in [-0.15, -0.1) is 0 Å². The van der Waals surface area contributed by atoms with Crippen molar-refractivity contribution < 1.29 is 14.3 Å². The number of carbonyl (C=O) groups excluding carboxylic acids is 2. The van der Waals surface area contributed by atoms with E-state index < -0.39 is 12.0 Å². The SMILES string of the molecule is CC(=O)NC1Cc2ccccc2OC1=O. The number of rotatable bonds is 1. The van der Waals surface area contributed by atoms with E-state index in [1.54, 1.807) is 6.07 Å². The predicted molar refractivity (Wildman–Crippen MR) is 53.4 cm³/mol. The first-order valence-electron chi connectivity index (χ1n) is 4.73. The highest BCUT2D eigenvalue weighted by molar-refractivity contribution is 5.86. The molecule has 1 aromatic carbocycles. The Morgan fingerprint density at radius 1 is 1.47 bits per heavy atom. The zero-order valence-electron chi connectivity index (χ0n) is 8.32. The number of hydrogen-bond acceptors (Lipinski definition) is 3. The molecule has 4 nitrogen and oxygen atoms in total. The molecule has 1 heterocycles. The largest absolute Gasteiger partial charge is 0.425 e. The molecule has 0 aliphatic carbocycles. The Balaban J connectivity index is 2.22. The first kappa shape index (κ1) is 9.71. The molecule has 1 aliphatic rings. The molecule has 0 saturated heterocycles. The van der Waals surface area contributed by atoms with Crippen molar-refractivity contribution in [3.8, 4) is 5.75 Å². The molecule has 1 N–H and O–H groups in total. The normalized spacial score (nSPS) is 19.0. The lowest BCUT2D eigenvalue weighted by atomic mass is 10.0. The monoisotopic (exact) mass is 205 g/mol. The molecule has 15 heavy (non-hydrogen) atoms. The molecule has 1 aromatic rings. The molecule has 0 aromatic heterocycles. The molecule has 0 spiro atoms. The van der Waals surface area contributed by atoms with Crippen molar-refractivity contribution >= 4 is 11.9 Å². The Morgan fingerprint density at radius 2 is 2.20 bits per heavy atom. The number of esters is 1. The van der Waals surface area contributed by atoms with E-state index in [-0.39, 0.29) is 5.91 Å². The van der Waals surface area contributed by atoms with Gasteiger partial charge in [0, 0.05) is 13.3 Å². The Hall–Kier alpha value is -1.84. The zero-order chi connectivity index (χ0) is 10.8. The Bertz CT molecular complexity index is 414. The van der Waals surface area contributed by atoms with Crippen LogP contribution >= 0.6 is 0 Å². The van der Waals surface area contributed by atoms with Crippen LogP contribution in [0.25, 0.3) is 0 Å². The van der Waals surface area contributed by atoms with E-state index in [4.69, 9.17) is 4.74 Å². The molecule has 1 atom stereocenters. The van der Waals surface area contributed by atoms with E-state index >= 15 is 0 Å². The van der Waals surface area contributed by atoms with Crippen LogP contribution in [-0.2, 0) is 16.0 Å². The van der Waals surface area contributed by atoms with Crippen LogP contribution in [0.15, 0.2) is 24.3 Å². The van der Waals surface area contributed by atoms with Gasteiger partial charge in [0.25, 0.3) is 0 Å². The van der Waals surface area contributed by atoms with Crippen LogP contribution in [0, 0.1) is 0 Å². The van der Waals surface area contributed by atoms with Crippen molar-refractivity contribution in [1.29, 1.82) is 0 Å². The number of amides is 1. The third-order valence-electron chi connectivity index (χ3n) is 2.27. The summed E-state index contributed by atoms with van der Waals surface area (Å²) in [6, 6.07) is 6.76. The summed E-state index contributed by atoms with van der Waals surface area (Å²) in [6.45, 7) is 1.38. The summed E-state index contributed by atoms with van der Waals surface area (Å²) in [6.07, 6.45) is 0.495. The third-order valence-corrected chi connectivity index (χ3v) is 2.27. The smallest absolute Gasteiger partial charge is 0.334 e. The molecular formula is C11H11NO3. The second kappa shape index (κ2) is 3.73. The molecule has 1 aliphatic heterocycles. The Kier molecular flexibility index (Phi) is 2.41. The average Bonchev–Trinajstić information content (AvgIpc) is 2.18. The second-order valence-corrected chi connectivity index (χ2v) is 3.49. The maximum atomic E-state index is 11.5. The standard InChI is InChI=1S/C11H11NO3/c1-7(13)12-9-6-8-4-2-3-5-10(8)15-11(9)14/h2-5,9H,6H2,1H3,(H,12,13). The summed E-state index contributed by atoms with van der Waals surface area (Å²) in [4.78, 5) is 22.3. The number of benzene rings is 1. The molecular weight excluding hydrogens is 194 g/mol. The molecule has 0 fully saturated rings. The maximum Gasteiger partial charge on any atom is 0.334 e. The van der Waals surface area contributed by atoms with Crippen LogP contribution in [0.4, 0.5) is 0 Å². The summed E-state index contributed by atoms with van der Waals surface area (Å²) in [7, 11) is 0. The van der Waals surface area contributed by atoms with Crippen molar-refractivity contribution in [3.63, 3.8) is 0 Å². The fourth-order valence-corrected chi connectivity index (χ4v) is 1.61. The molecule has 2 rings (SSSR count). The van der Waals surface area contributed by atoms with Gasteiger partial charge < -0.3 is 10.1 Å². The average molecular weight is 205 g/mol. The number of fused-ring (bicyclic) bond motifs is 1. The molecule has 0 bridgehead atoms. The van der Waals surface area contributed by atoms with Crippen molar-refractivity contribution in [2.24, 2.45) is 0 Å². The van der Waals surface area contributed by atoms with Gasteiger partial charge >= 0.3 is 5.97 Å². The Labute approximate surface area is 87.2 Å². The molecule has 1 amide bonds. The van der Waals surface area contributed by atoms with Crippen molar-refractivity contribution in [2.75, 3.05) is 0 Å². The van der Waals surface area contributed by atoms with Crippen LogP contribution in [0.3, 0.4) is 0 Å². The van der Waals surface area contributed by atoms with E-state index in [2.05, 4.69) is 5.32 Å². The maximum absolute atomic E-state index is 11.5. The van der Waals surface area contributed by atoms with E-state index in [9.17, 15) is 9.59 Å². The van der Waals surface area contributed by atoms with Crippen LogP contribution < -0.4 is 10.1 Å². The first-order chi connectivity index (χ1) is 7.16. The van der Waals surface area contributed by atoms with E-state index in [1.807, 2.05) is 18.2 Å². The van der Waals surface area contributed by atoms with Gasteiger partial charge in [0.05, 0.1) is 0 Å². The van der Waals surface area contributed by atoms with E-state index in [0.717, 1.165) is 5.56 Å². The van der Waals surface area contributed by atoms with Crippen LogP contribution in [0.1, 0.15) is 12.5 Å². The van der Waals surface area contributed by atoms with Gasteiger partial charge in [-0.05, 0) is 11.6 Å². The number of nitrogens with one attached hydrogen (secondary N) is 1. The summed E-state index contributed by atoms with van der Waals surface area (Å²) >= 11 is 0. The van der Waals surface area contributed by atoms with Crippen molar-refractivity contribution in [3.05, 3.63) is 29.8 Å². The number of para-hydroxylation sites is 1. The Morgan fingerprint density at radius 3 is 2.93 bits per heavy atom. The van der Waals surface area contributed by atoms with Crippen LogP contribution in [0.2, 0.25) is 0 Å². The first-order valence-corrected chi connectivity index (χ1v) is 4.73. The highest BCUT2D eigenvalue weighted by atomic mass is 16.5. The highest BCUT2D eigenvalue weighted by Gasteiger charge is 2.28. The van der Waals surface area contributed by atoms with Gasteiger partial charge in [0.2, 0.25) is 5.91 Å². The summed E-state index contributed by atoms with van der Waals surface area (Å²) in [5.74, 6) is -0.0377. The predicted octanol–water partition coefficient (Wildman–Crippen LogP) is 0.653. The van der Waals surface area contributed by atoms with Crippen LogP contribution in [-0.4, -0.2) is 17.9 Å². The van der Waals surface area contributed by atoms with Gasteiger partial charge in [-0.25, -0.2) is 4.79 Å². The highest BCUT2D eigenvalue weighted by Crippen LogP contribution is 2.24.